The Hall–Kier alpha value is -4.07. The Balaban J connectivity index is 1.78. The summed E-state index contributed by atoms with van der Waals surface area (Å²) in [7, 11) is 3.10. The Morgan fingerprint density at radius 2 is 1.65 bits per heavy atom. The van der Waals surface area contributed by atoms with Gasteiger partial charge in [0.1, 0.15) is 17.1 Å². The van der Waals surface area contributed by atoms with Gasteiger partial charge >= 0.3 is 5.97 Å². The molecule has 0 aliphatic heterocycles. The van der Waals surface area contributed by atoms with E-state index in [1.165, 1.54) is 11.0 Å². The number of hydrogen-bond acceptors (Lipinski definition) is 5. The number of carbonyl (C=O) groups is 2. The third-order valence-corrected chi connectivity index (χ3v) is 6.04. The van der Waals surface area contributed by atoms with Gasteiger partial charge in [-0.2, -0.15) is 0 Å². The molecule has 0 aromatic heterocycles. The second-order valence-corrected chi connectivity index (χ2v) is 8.85. The average molecular weight is 510 g/mol. The summed E-state index contributed by atoms with van der Waals surface area (Å²) >= 11 is 0. The van der Waals surface area contributed by atoms with E-state index in [2.05, 4.69) is 0 Å². The normalized spacial score (nSPS) is 10.8. The Kier molecular flexibility index (Phi) is 9.49. The summed E-state index contributed by atoms with van der Waals surface area (Å²) < 4.78 is 30.7. The number of carboxylic acids is 1. The summed E-state index contributed by atoms with van der Waals surface area (Å²) in [6.45, 7) is 3.86. The zero-order chi connectivity index (χ0) is 26.9. The van der Waals surface area contributed by atoms with Crippen molar-refractivity contribution >= 4 is 11.9 Å². The molecule has 1 N–H and O–H groups in total. The zero-order valence-electron chi connectivity index (χ0n) is 21.5. The number of amides is 1. The molecule has 3 rings (SSSR count). The number of methoxy groups -OCH3 is 2. The van der Waals surface area contributed by atoms with Crippen LogP contribution in [0, 0.1) is 5.82 Å². The molecular weight excluding hydrogens is 477 g/mol. The molecule has 8 heteroatoms. The third-order valence-electron chi connectivity index (χ3n) is 6.04. The summed E-state index contributed by atoms with van der Waals surface area (Å²) in [6, 6.07) is 16.7. The number of halogens is 1. The highest BCUT2D eigenvalue weighted by atomic mass is 19.1. The van der Waals surface area contributed by atoms with Crippen LogP contribution < -0.4 is 14.2 Å². The van der Waals surface area contributed by atoms with Gasteiger partial charge in [0.15, 0.2) is 18.1 Å². The molecule has 0 atom stereocenters. The van der Waals surface area contributed by atoms with Crippen LogP contribution in [-0.4, -0.2) is 49.3 Å². The van der Waals surface area contributed by atoms with Gasteiger partial charge < -0.3 is 24.2 Å². The Labute approximate surface area is 216 Å². The number of carbonyl (C=O) groups excluding carboxylic acids is 1. The number of hydrogen-bond donors (Lipinski definition) is 1. The summed E-state index contributed by atoms with van der Waals surface area (Å²) in [4.78, 5) is 26.5. The Bertz CT molecular complexity index is 1240. The molecular formula is C29H32FNO6. The second-order valence-electron chi connectivity index (χ2n) is 8.85. The van der Waals surface area contributed by atoms with Gasteiger partial charge in [0.05, 0.1) is 14.2 Å². The van der Waals surface area contributed by atoms with Crippen LogP contribution in [0.3, 0.4) is 0 Å². The van der Waals surface area contributed by atoms with Crippen molar-refractivity contribution in [3.63, 3.8) is 0 Å². The fourth-order valence-corrected chi connectivity index (χ4v) is 3.85. The first-order valence-corrected chi connectivity index (χ1v) is 12.0. The van der Waals surface area contributed by atoms with Crippen molar-refractivity contribution in [2.45, 2.75) is 32.7 Å². The molecule has 0 saturated carbocycles. The number of ether oxygens (including phenoxy) is 3. The minimum atomic E-state index is -1.14. The van der Waals surface area contributed by atoms with E-state index in [-0.39, 0.29) is 36.9 Å². The maximum Gasteiger partial charge on any atom is 0.339 e. The zero-order valence-corrected chi connectivity index (χ0v) is 21.5. The number of nitrogens with zero attached hydrogens (tertiary/aromatic N) is 1. The van der Waals surface area contributed by atoms with Crippen molar-refractivity contribution in [3.05, 3.63) is 88.7 Å². The number of benzene rings is 3. The van der Waals surface area contributed by atoms with Crippen LogP contribution in [0.15, 0.2) is 60.7 Å². The molecule has 0 heterocycles. The summed E-state index contributed by atoms with van der Waals surface area (Å²) in [6.07, 6.45) is 0.476. The third kappa shape index (κ3) is 7.22. The van der Waals surface area contributed by atoms with Crippen LogP contribution in [0.25, 0.3) is 0 Å². The number of rotatable bonds is 12. The van der Waals surface area contributed by atoms with Gasteiger partial charge in [0.2, 0.25) is 0 Å². The first-order chi connectivity index (χ1) is 17.7. The highest BCUT2D eigenvalue weighted by Crippen LogP contribution is 2.28. The van der Waals surface area contributed by atoms with E-state index >= 15 is 0 Å². The first kappa shape index (κ1) is 27.5. The van der Waals surface area contributed by atoms with Crippen LogP contribution in [0.2, 0.25) is 0 Å². The number of carboxylic acid groups (broad SMARTS) is 1. The van der Waals surface area contributed by atoms with Gasteiger partial charge in [-0.3, -0.25) is 4.79 Å². The monoisotopic (exact) mass is 509 g/mol. The van der Waals surface area contributed by atoms with Crippen molar-refractivity contribution in [3.8, 4) is 17.2 Å². The van der Waals surface area contributed by atoms with Crippen molar-refractivity contribution in [1.82, 2.24) is 4.90 Å². The lowest BCUT2D eigenvalue weighted by atomic mass is 10.0. The molecule has 0 unspecified atom stereocenters. The van der Waals surface area contributed by atoms with Gasteiger partial charge in [-0.25, -0.2) is 9.18 Å². The predicted octanol–water partition coefficient (Wildman–Crippen LogP) is 5.31. The van der Waals surface area contributed by atoms with Crippen LogP contribution in [0.1, 0.15) is 46.8 Å². The Morgan fingerprint density at radius 1 is 0.946 bits per heavy atom. The molecule has 37 heavy (non-hydrogen) atoms. The molecule has 0 fully saturated rings. The summed E-state index contributed by atoms with van der Waals surface area (Å²) in [5.41, 5.74) is 2.12. The van der Waals surface area contributed by atoms with Crippen molar-refractivity contribution in [2.75, 3.05) is 27.4 Å². The molecule has 3 aromatic carbocycles. The van der Waals surface area contributed by atoms with Crippen LogP contribution in [-0.2, 0) is 17.8 Å². The van der Waals surface area contributed by atoms with E-state index in [9.17, 15) is 19.1 Å². The maximum atomic E-state index is 14.4. The lowest BCUT2D eigenvalue weighted by molar-refractivity contribution is -0.134. The molecule has 0 bridgehead atoms. The van der Waals surface area contributed by atoms with Crippen molar-refractivity contribution < 1.29 is 33.3 Å². The lowest BCUT2D eigenvalue weighted by Crippen LogP contribution is -2.36. The molecule has 0 aliphatic rings. The average Bonchev–Trinajstić information content (AvgIpc) is 2.90. The highest BCUT2D eigenvalue weighted by molar-refractivity contribution is 5.91. The van der Waals surface area contributed by atoms with Gasteiger partial charge in [0.25, 0.3) is 5.91 Å². The Morgan fingerprint density at radius 3 is 2.30 bits per heavy atom. The first-order valence-electron chi connectivity index (χ1n) is 12.0. The highest BCUT2D eigenvalue weighted by Gasteiger charge is 2.20. The number of aromatic carboxylic acids is 1. The molecule has 196 valence electrons. The van der Waals surface area contributed by atoms with E-state index in [1.807, 2.05) is 26.0 Å². The van der Waals surface area contributed by atoms with Crippen LogP contribution in [0.5, 0.6) is 17.2 Å². The fourth-order valence-electron chi connectivity index (χ4n) is 3.85. The molecule has 0 saturated heterocycles. The van der Waals surface area contributed by atoms with Crippen molar-refractivity contribution in [2.24, 2.45) is 0 Å². The fraction of sp³-hybridized carbons (Fsp3) is 0.310. The van der Waals surface area contributed by atoms with Gasteiger partial charge in [-0.05, 0) is 53.8 Å². The summed E-state index contributed by atoms with van der Waals surface area (Å²) in [5, 5.41) is 9.63. The second kappa shape index (κ2) is 12.8. The standard InChI is InChI=1S/C29H32FNO6/c1-19(2)21-10-12-25(23(16-21)29(33)34)37-18-28(32)31(17-22-7-5-6-8-24(22)30)14-13-20-9-11-26(35-3)27(15-20)36-4/h5-12,15-16,19H,13-14,17-18H2,1-4H3,(H,33,34). The molecule has 3 aromatic rings. The molecule has 0 radical (unpaired) electrons. The minimum absolute atomic E-state index is 0.00928. The van der Waals surface area contributed by atoms with E-state index < -0.39 is 17.7 Å². The lowest BCUT2D eigenvalue weighted by Gasteiger charge is -2.24. The molecule has 7 nitrogen and oxygen atoms in total. The smallest absolute Gasteiger partial charge is 0.339 e. The largest absolute Gasteiger partial charge is 0.493 e. The van der Waals surface area contributed by atoms with Crippen molar-refractivity contribution in [1.29, 1.82) is 0 Å². The SMILES string of the molecule is COc1ccc(CCN(Cc2ccccc2F)C(=O)COc2ccc(C(C)C)cc2C(=O)O)cc1OC. The minimum Gasteiger partial charge on any atom is -0.493 e. The van der Waals surface area contributed by atoms with E-state index in [1.54, 1.807) is 56.7 Å². The maximum absolute atomic E-state index is 14.4. The molecule has 0 spiro atoms. The van der Waals surface area contributed by atoms with Gasteiger partial charge in [-0.1, -0.05) is 44.2 Å². The topological polar surface area (TPSA) is 85.3 Å². The molecule has 1 amide bonds. The van der Waals surface area contributed by atoms with Crippen LogP contribution in [0.4, 0.5) is 4.39 Å². The van der Waals surface area contributed by atoms with E-state index in [4.69, 9.17) is 14.2 Å². The summed E-state index contributed by atoms with van der Waals surface area (Å²) in [5.74, 6) is -0.532. The van der Waals surface area contributed by atoms with E-state index in [0.717, 1.165) is 11.1 Å². The van der Waals surface area contributed by atoms with Gasteiger partial charge in [0, 0.05) is 18.7 Å². The van der Waals surface area contributed by atoms with Crippen LogP contribution >= 0.6 is 0 Å². The van der Waals surface area contributed by atoms with Gasteiger partial charge in [-0.15, -0.1) is 0 Å². The van der Waals surface area contributed by atoms with E-state index in [0.29, 0.717) is 23.5 Å². The molecule has 0 aliphatic carbocycles. The predicted molar refractivity (Wildman–Crippen MR) is 138 cm³/mol. The quantitative estimate of drug-likeness (QED) is 0.356.